The molecule has 3 aromatic rings. The van der Waals surface area contributed by atoms with E-state index in [1.54, 1.807) is 6.07 Å². The van der Waals surface area contributed by atoms with Gasteiger partial charge in [0.1, 0.15) is 0 Å². The molecule has 0 radical (unpaired) electrons. The summed E-state index contributed by atoms with van der Waals surface area (Å²) in [6, 6.07) is 10.3. The van der Waals surface area contributed by atoms with Gasteiger partial charge in [-0.05, 0) is 55.0 Å². The molecule has 0 bridgehead atoms. The number of nitrogens with one attached hydrogen (secondary N) is 1. The smallest absolute Gasteiger partial charge is 0.271 e. The number of rotatable bonds is 3. The van der Waals surface area contributed by atoms with E-state index >= 15 is 0 Å². The van der Waals surface area contributed by atoms with Crippen LogP contribution in [0.1, 0.15) is 34.3 Å². The zero-order valence-corrected chi connectivity index (χ0v) is 14.1. The van der Waals surface area contributed by atoms with Crippen molar-refractivity contribution in [2.75, 3.05) is 5.32 Å². The molecule has 0 atom stereocenters. The van der Waals surface area contributed by atoms with E-state index in [1.165, 1.54) is 41.0 Å². The van der Waals surface area contributed by atoms with Crippen LogP contribution in [0.2, 0.25) is 0 Å². The summed E-state index contributed by atoms with van der Waals surface area (Å²) in [5.41, 5.74) is 3.70. The minimum absolute atomic E-state index is 0.00892. The molecular formula is C18H15N3O3S. The number of carbonyl (C=O) groups excluding carboxylic acids is 1. The second-order valence-corrected chi connectivity index (χ2v) is 7.10. The fourth-order valence-corrected chi connectivity index (χ4v) is 3.97. The van der Waals surface area contributed by atoms with Crippen LogP contribution in [-0.2, 0) is 12.8 Å². The summed E-state index contributed by atoms with van der Waals surface area (Å²) < 4.78 is 0.798. The number of benzene rings is 2. The summed E-state index contributed by atoms with van der Waals surface area (Å²) in [5, 5.41) is 14.1. The molecule has 1 amide bonds. The van der Waals surface area contributed by atoms with Crippen LogP contribution >= 0.6 is 11.3 Å². The van der Waals surface area contributed by atoms with Crippen molar-refractivity contribution in [2.24, 2.45) is 0 Å². The van der Waals surface area contributed by atoms with E-state index in [0.717, 1.165) is 24.0 Å². The summed E-state index contributed by atoms with van der Waals surface area (Å²) in [7, 11) is 0. The van der Waals surface area contributed by atoms with E-state index in [-0.39, 0.29) is 11.6 Å². The first-order chi connectivity index (χ1) is 12.1. The third-order valence-electron chi connectivity index (χ3n) is 4.41. The van der Waals surface area contributed by atoms with Crippen LogP contribution in [0.3, 0.4) is 0 Å². The highest BCUT2D eigenvalue weighted by Gasteiger charge is 2.15. The van der Waals surface area contributed by atoms with Gasteiger partial charge in [-0.2, -0.15) is 0 Å². The van der Waals surface area contributed by atoms with Crippen molar-refractivity contribution in [3.63, 3.8) is 0 Å². The van der Waals surface area contributed by atoms with Crippen LogP contribution in [-0.4, -0.2) is 15.8 Å². The number of nitro groups is 1. The molecular weight excluding hydrogens is 338 g/mol. The Labute approximate surface area is 147 Å². The number of fused-ring (bicyclic) bond motifs is 2. The predicted molar refractivity (Wildman–Crippen MR) is 97.3 cm³/mol. The van der Waals surface area contributed by atoms with E-state index < -0.39 is 4.92 Å². The van der Waals surface area contributed by atoms with E-state index in [0.29, 0.717) is 16.2 Å². The van der Waals surface area contributed by atoms with Gasteiger partial charge in [0.25, 0.3) is 11.6 Å². The minimum atomic E-state index is -0.454. The number of amides is 1. The maximum absolute atomic E-state index is 12.5. The van der Waals surface area contributed by atoms with Gasteiger partial charge >= 0.3 is 0 Å². The largest absolute Gasteiger partial charge is 0.298 e. The second-order valence-electron chi connectivity index (χ2n) is 6.07. The van der Waals surface area contributed by atoms with Gasteiger partial charge in [-0.1, -0.05) is 17.4 Å². The Morgan fingerprint density at radius 1 is 1.12 bits per heavy atom. The highest BCUT2D eigenvalue weighted by Crippen LogP contribution is 2.29. The number of carbonyl (C=O) groups is 1. The summed E-state index contributed by atoms with van der Waals surface area (Å²) >= 11 is 1.30. The zero-order valence-electron chi connectivity index (χ0n) is 13.3. The fraction of sp³-hybridized carbons (Fsp3) is 0.222. The molecule has 1 aliphatic carbocycles. The predicted octanol–water partition coefficient (Wildman–Crippen LogP) is 4.34. The Bertz CT molecular complexity index is 996. The van der Waals surface area contributed by atoms with Crippen molar-refractivity contribution in [3.8, 4) is 0 Å². The topological polar surface area (TPSA) is 85.1 Å². The average Bonchev–Trinajstić information content (AvgIpc) is 3.02. The molecule has 1 aliphatic rings. The van der Waals surface area contributed by atoms with E-state index in [9.17, 15) is 14.9 Å². The Kier molecular flexibility index (Phi) is 3.93. The first-order valence-electron chi connectivity index (χ1n) is 8.08. The molecule has 0 fully saturated rings. The van der Waals surface area contributed by atoms with Gasteiger partial charge in [0.2, 0.25) is 0 Å². The van der Waals surface area contributed by atoms with Crippen molar-refractivity contribution < 1.29 is 9.72 Å². The SMILES string of the molecule is O=C(Nc1nc2cc([N+](=O)[O-])ccc2s1)c1ccc2c(c1)CCCC2. The van der Waals surface area contributed by atoms with Crippen molar-refractivity contribution in [3.05, 3.63) is 63.2 Å². The Morgan fingerprint density at radius 3 is 2.72 bits per heavy atom. The molecule has 0 spiro atoms. The third kappa shape index (κ3) is 3.10. The molecule has 0 unspecified atom stereocenters. The Morgan fingerprint density at radius 2 is 1.92 bits per heavy atom. The summed E-state index contributed by atoms with van der Waals surface area (Å²) in [4.78, 5) is 27.2. The monoisotopic (exact) mass is 353 g/mol. The summed E-state index contributed by atoms with van der Waals surface area (Å²) in [5.74, 6) is -0.207. The van der Waals surface area contributed by atoms with Crippen LogP contribution in [0.25, 0.3) is 10.2 Å². The molecule has 1 N–H and O–H groups in total. The van der Waals surface area contributed by atoms with Gasteiger partial charge in [-0.25, -0.2) is 4.98 Å². The van der Waals surface area contributed by atoms with Crippen molar-refractivity contribution in [1.29, 1.82) is 0 Å². The van der Waals surface area contributed by atoms with Crippen LogP contribution in [0, 0.1) is 10.1 Å². The maximum atomic E-state index is 12.5. The molecule has 0 saturated carbocycles. The van der Waals surface area contributed by atoms with Gasteiger partial charge in [0.05, 0.1) is 15.1 Å². The van der Waals surface area contributed by atoms with Crippen molar-refractivity contribution >= 4 is 38.3 Å². The van der Waals surface area contributed by atoms with Crippen molar-refractivity contribution in [1.82, 2.24) is 4.98 Å². The highest BCUT2D eigenvalue weighted by atomic mass is 32.1. The minimum Gasteiger partial charge on any atom is -0.298 e. The van der Waals surface area contributed by atoms with E-state index in [4.69, 9.17) is 0 Å². The molecule has 25 heavy (non-hydrogen) atoms. The number of hydrogen-bond acceptors (Lipinski definition) is 5. The highest BCUT2D eigenvalue weighted by molar-refractivity contribution is 7.22. The van der Waals surface area contributed by atoms with Gasteiger partial charge in [0.15, 0.2) is 5.13 Å². The molecule has 0 saturated heterocycles. The lowest BCUT2D eigenvalue weighted by atomic mass is 9.90. The third-order valence-corrected chi connectivity index (χ3v) is 5.36. The molecule has 1 heterocycles. The number of thiazole rings is 1. The summed E-state index contributed by atoms with van der Waals surface area (Å²) in [6.07, 6.45) is 4.46. The number of hydrogen-bond donors (Lipinski definition) is 1. The van der Waals surface area contributed by atoms with Crippen LogP contribution < -0.4 is 5.32 Å². The lowest BCUT2D eigenvalue weighted by Gasteiger charge is -2.16. The van der Waals surface area contributed by atoms with E-state index in [2.05, 4.69) is 10.3 Å². The maximum Gasteiger partial charge on any atom is 0.271 e. The number of non-ortho nitro benzene ring substituents is 1. The second kappa shape index (κ2) is 6.25. The van der Waals surface area contributed by atoms with Gasteiger partial charge in [-0.3, -0.25) is 20.2 Å². The molecule has 126 valence electrons. The Balaban J connectivity index is 1.58. The summed E-state index contributed by atoms with van der Waals surface area (Å²) in [6.45, 7) is 0. The standard InChI is InChI=1S/C18H15N3O3S/c22-17(13-6-5-11-3-1-2-4-12(11)9-13)20-18-19-15-10-14(21(23)24)7-8-16(15)25-18/h5-10H,1-4H2,(H,19,20,22). The lowest BCUT2D eigenvalue weighted by molar-refractivity contribution is -0.384. The number of aromatic nitrogens is 1. The quantitative estimate of drug-likeness (QED) is 0.561. The van der Waals surface area contributed by atoms with Crippen LogP contribution in [0.5, 0.6) is 0 Å². The molecule has 0 aliphatic heterocycles. The van der Waals surface area contributed by atoms with Gasteiger partial charge < -0.3 is 0 Å². The molecule has 1 aromatic heterocycles. The number of nitro benzene ring substituents is 1. The fourth-order valence-electron chi connectivity index (χ4n) is 3.13. The van der Waals surface area contributed by atoms with E-state index in [1.807, 2.05) is 18.2 Å². The van der Waals surface area contributed by atoms with Crippen LogP contribution in [0.15, 0.2) is 36.4 Å². The first kappa shape index (κ1) is 15.7. The number of nitrogens with zero attached hydrogens (tertiary/aromatic N) is 2. The van der Waals surface area contributed by atoms with Gasteiger partial charge in [0, 0.05) is 17.7 Å². The van der Waals surface area contributed by atoms with Crippen molar-refractivity contribution in [2.45, 2.75) is 25.7 Å². The normalized spacial score (nSPS) is 13.4. The van der Waals surface area contributed by atoms with Crippen LogP contribution in [0.4, 0.5) is 10.8 Å². The lowest BCUT2D eigenvalue weighted by Crippen LogP contribution is -2.13. The molecule has 2 aromatic carbocycles. The molecule has 7 heteroatoms. The van der Waals surface area contributed by atoms with Gasteiger partial charge in [-0.15, -0.1) is 0 Å². The molecule has 6 nitrogen and oxygen atoms in total. The average molecular weight is 353 g/mol. The first-order valence-corrected chi connectivity index (χ1v) is 8.90. The Hall–Kier alpha value is -2.80. The number of aryl methyl sites for hydroxylation is 2. The number of anilines is 1. The zero-order chi connectivity index (χ0) is 17.4. The molecule has 4 rings (SSSR count).